The van der Waals surface area contributed by atoms with Gasteiger partial charge in [-0.05, 0) is 11.6 Å². The Morgan fingerprint density at radius 2 is 1.89 bits per heavy atom. The maximum Gasteiger partial charge on any atom is 0.264 e. The van der Waals surface area contributed by atoms with Crippen LogP contribution in [0, 0.1) is 0 Å². The number of benzene rings is 1. The van der Waals surface area contributed by atoms with Crippen molar-refractivity contribution in [1.82, 2.24) is 10.2 Å². The summed E-state index contributed by atoms with van der Waals surface area (Å²) in [4.78, 5) is 36.0. The van der Waals surface area contributed by atoms with E-state index < -0.39 is 17.9 Å². The van der Waals surface area contributed by atoms with E-state index in [0.29, 0.717) is 12.2 Å². The summed E-state index contributed by atoms with van der Waals surface area (Å²) in [6.45, 7) is -0.193. The van der Waals surface area contributed by atoms with E-state index in [1.54, 1.807) is 6.07 Å². The summed E-state index contributed by atoms with van der Waals surface area (Å²) in [6, 6.07) is 7.42. The number of nitrogens with one attached hydrogen (secondary N) is 1. The number of nitrogens with zero attached hydrogens (tertiary/aromatic N) is 1. The maximum atomic E-state index is 12.2. The van der Waals surface area contributed by atoms with E-state index >= 15 is 0 Å². The summed E-state index contributed by atoms with van der Waals surface area (Å²) in [6.07, 6.45) is -0.169. The van der Waals surface area contributed by atoms with Crippen molar-refractivity contribution in [2.45, 2.75) is 12.5 Å². The lowest BCUT2D eigenvalue weighted by Crippen LogP contribution is -2.56. The van der Waals surface area contributed by atoms with Crippen molar-refractivity contribution in [2.75, 3.05) is 13.1 Å². The number of ether oxygens (including phenoxy) is 1. The van der Waals surface area contributed by atoms with Gasteiger partial charge in [0.15, 0.2) is 6.10 Å². The highest BCUT2D eigenvalue weighted by Gasteiger charge is 2.35. The van der Waals surface area contributed by atoms with Gasteiger partial charge < -0.3 is 9.64 Å². The Kier molecular flexibility index (Phi) is 2.70. The number of amides is 3. The van der Waals surface area contributed by atoms with Gasteiger partial charge in [0.2, 0.25) is 11.8 Å². The molecule has 0 radical (unpaired) electrons. The zero-order chi connectivity index (χ0) is 13.4. The van der Waals surface area contributed by atoms with E-state index in [0.717, 1.165) is 5.56 Å². The van der Waals surface area contributed by atoms with Crippen LogP contribution in [0.25, 0.3) is 0 Å². The molecular formula is C13H12N2O4. The monoisotopic (exact) mass is 260 g/mol. The number of imide groups is 1. The Labute approximate surface area is 109 Å². The molecule has 1 fully saturated rings. The van der Waals surface area contributed by atoms with Crippen LogP contribution in [0.2, 0.25) is 0 Å². The third-order valence-electron chi connectivity index (χ3n) is 3.18. The first-order valence-corrected chi connectivity index (χ1v) is 5.99. The summed E-state index contributed by atoms with van der Waals surface area (Å²) < 4.78 is 5.56. The second-order valence-electron chi connectivity index (χ2n) is 4.58. The van der Waals surface area contributed by atoms with Crippen molar-refractivity contribution in [1.29, 1.82) is 0 Å². The van der Waals surface area contributed by atoms with Gasteiger partial charge in [0.1, 0.15) is 18.8 Å². The molecule has 98 valence electrons. The number of piperazine rings is 1. The minimum Gasteiger partial charge on any atom is -0.480 e. The van der Waals surface area contributed by atoms with Gasteiger partial charge in [0.05, 0.1) is 0 Å². The molecule has 0 bridgehead atoms. The Morgan fingerprint density at radius 1 is 1.21 bits per heavy atom. The molecule has 6 heteroatoms. The maximum absolute atomic E-state index is 12.2. The standard InChI is InChI=1S/C13H12N2O4/c16-11-6-15(7-12(17)14-11)13(18)10-5-8-3-1-2-4-9(8)19-10/h1-4,10H,5-7H2,(H,14,16,17). The fourth-order valence-corrected chi connectivity index (χ4v) is 2.32. The Bertz CT molecular complexity index is 529. The molecule has 2 heterocycles. The zero-order valence-corrected chi connectivity index (χ0v) is 10.1. The summed E-state index contributed by atoms with van der Waals surface area (Å²) in [7, 11) is 0. The SMILES string of the molecule is O=C1CN(C(=O)C2Cc3ccccc3O2)CC(=O)N1. The third-order valence-corrected chi connectivity index (χ3v) is 3.18. The third kappa shape index (κ3) is 2.16. The molecule has 19 heavy (non-hydrogen) atoms. The predicted octanol–water partition coefficient (Wildman–Crippen LogP) is -0.525. The molecule has 1 aromatic carbocycles. The van der Waals surface area contributed by atoms with E-state index in [-0.39, 0.29) is 19.0 Å². The summed E-state index contributed by atoms with van der Waals surface area (Å²) in [5, 5.41) is 2.16. The van der Waals surface area contributed by atoms with E-state index in [4.69, 9.17) is 4.74 Å². The van der Waals surface area contributed by atoms with Crippen LogP contribution in [0.4, 0.5) is 0 Å². The van der Waals surface area contributed by atoms with Crippen LogP contribution in [0.15, 0.2) is 24.3 Å². The van der Waals surface area contributed by atoms with E-state index in [2.05, 4.69) is 5.32 Å². The van der Waals surface area contributed by atoms with Gasteiger partial charge in [-0.25, -0.2) is 0 Å². The molecule has 3 rings (SSSR count). The minimum absolute atomic E-state index is 0.0964. The lowest BCUT2D eigenvalue weighted by atomic mass is 10.1. The lowest BCUT2D eigenvalue weighted by Gasteiger charge is -2.27. The molecule has 1 N–H and O–H groups in total. The first-order valence-electron chi connectivity index (χ1n) is 5.99. The van der Waals surface area contributed by atoms with Gasteiger partial charge in [-0.2, -0.15) is 0 Å². The van der Waals surface area contributed by atoms with Gasteiger partial charge in [-0.1, -0.05) is 18.2 Å². The van der Waals surface area contributed by atoms with Gasteiger partial charge in [-0.3, -0.25) is 19.7 Å². The number of rotatable bonds is 1. The van der Waals surface area contributed by atoms with Crippen LogP contribution in [0.5, 0.6) is 5.75 Å². The molecule has 1 aromatic rings. The molecule has 1 saturated heterocycles. The molecule has 1 unspecified atom stereocenters. The highest BCUT2D eigenvalue weighted by Crippen LogP contribution is 2.28. The average molecular weight is 260 g/mol. The number of hydrogen-bond acceptors (Lipinski definition) is 4. The van der Waals surface area contributed by atoms with Crippen LogP contribution >= 0.6 is 0 Å². The first-order chi connectivity index (χ1) is 9.13. The summed E-state index contributed by atoms with van der Waals surface area (Å²) in [5.74, 6) is -0.548. The molecule has 2 aliphatic heterocycles. The van der Waals surface area contributed by atoms with Crippen molar-refractivity contribution in [3.05, 3.63) is 29.8 Å². The molecule has 1 atom stereocenters. The van der Waals surface area contributed by atoms with Crippen molar-refractivity contribution < 1.29 is 19.1 Å². The first kappa shape index (κ1) is 11.7. The van der Waals surface area contributed by atoms with Gasteiger partial charge in [0.25, 0.3) is 5.91 Å². The molecule has 2 aliphatic rings. The minimum atomic E-state index is -0.643. The molecule has 3 amide bonds. The zero-order valence-electron chi connectivity index (χ0n) is 10.1. The number of fused-ring (bicyclic) bond motifs is 1. The van der Waals surface area contributed by atoms with Crippen molar-refractivity contribution in [3.63, 3.8) is 0 Å². The number of para-hydroxylation sites is 1. The quantitative estimate of drug-likeness (QED) is 0.689. The van der Waals surface area contributed by atoms with Crippen molar-refractivity contribution in [3.8, 4) is 5.75 Å². The molecule has 0 spiro atoms. The van der Waals surface area contributed by atoms with Crippen molar-refractivity contribution >= 4 is 17.7 Å². The van der Waals surface area contributed by atoms with E-state index in [1.165, 1.54) is 4.90 Å². The van der Waals surface area contributed by atoms with E-state index in [1.807, 2.05) is 18.2 Å². The molecule has 6 nitrogen and oxygen atoms in total. The highest BCUT2D eigenvalue weighted by molar-refractivity contribution is 6.03. The fraction of sp³-hybridized carbons (Fsp3) is 0.308. The smallest absolute Gasteiger partial charge is 0.264 e. The van der Waals surface area contributed by atoms with Crippen LogP contribution < -0.4 is 10.1 Å². The largest absolute Gasteiger partial charge is 0.480 e. The lowest BCUT2D eigenvalue weighted by molar-refractivity contribution is -0.148. The molecule has 0 aromatic heterocycles. The second-order valence-corrected chi connectivity index (χ2v) is 4.58. The van der Waals surface area contributed by atoms with Gasteiger partial charge in [0, 0.05) is 6.42 Å². The van der Waals surface area contributed by atoms with Gasteiger partial charge >= 0.3 is 0 Å². The topological polar surface area (TPSA) is 75.7 Å². The van der Waals surface area contributed by atoms with Crippen LogP contribution in [0.1, 0.15) is 5.56 Å². The highest BCUT2D eigenvalue weighted by atomic mass is 16.5. The fourth-order valence-electron chi connectivity index (χ4n) is 2.32. The Balaban J connectivity index is 1.73. The Hall–Kier alpha value is -2.37. The Morgan fingerprint density at radius 3 is 2.58 bits per heavy atom. The number of carbonyl (C=O) groups is 3. The van der Waals surface area contributed by atoms with E-state index in [9.17, 15) is 14.4 Å². The van der Waals surface area contributed by atoms with Gasteiger partial charge in [-0.15, -0.1) is 0 Å². The van der Waals surface area contributed by atoms with Crippen LogP contribution in [-0.2, 0) is 20.8 Å². The molecule has 0 aliphatic carbocycles. The van der Waals surface area contributed by atoms with Crippen LogP contribution in [0.3, 0.4) is 0 Å². The number of carbonyl (C=O) groups excluding carboxylic acids is 3. The average Bonchev–Trinajstić information content (AvgIpc) is 2.80. The molecular weight excluding hydrogens is 248 g/mol. The van der Waals surface area contributed by atoms with Crippen LogP contribution in [-0.4, -0.2) is 41.8 Å². The summed E-state index contributed by atoms with van der Waals surface area (Å²) in [5.41, 5.74) is 0.966. The normalized spacial score (nSPS) is 21.7. The summed E-state index contributed by atoms with van der Waals surface area (Å²) >= 11 is 0. The van der Waals surface area contributed by atoms with Crippen molar-refractivity contribution in [2.24, 2.45) is 0 Å². The molecule has 0 saturated carbocycles. The number of hydrogen-bond donors (Lipinski definition) is 1. The second kappa shape index (κ2) is 4.38. The predicted molar refractivity (Wildman–Crippen MR) is 64.3 cm³/mol.